The van der Waals surface area contributed by atoms with E-state index in [1.807, 2.05) is 0 Å². The maximum Gasteiger partial charge on any atom is 0.0611 e. The van der Waals surface area contributed by atoms with Crippen molar-refractivity contribution in [3.8, 4) is 0 Å². The normalized spacial score (nSPS) is 31.1. The molecule has 0 aromatic carbocycles. The van der Waals surface area contributed by atoms with Crippen molar-refractivity contribution < 1.29 is 5.11 Å². The van der Waals surface area contributed by atoms with Crippen LogP contribution >= 0.6 is 0 Å². The number of nitrogens with one attached hydrogen (secondary N) is 1. The van der Waals surface area contributed by atoms with Gasteiger partial charge >= 0.3 is 0 Å². The molecule has 1 heterocycles. The van der Waals surface area contributed by atoms with Gasteiger partial charge in [-0.1, -0.05) is 26.7 Å². The smallest absolute Gasteiger partial charge is 0.0611 e. The summed E-state index contributed by atoms with van der Waals surface area (Å²) in [5.41, 5.74) is -0.129. The molecule has 20 heavy (non-hydrogen) atoms. The van der Waals surface area contributed by atoms with E-state index in [9.17, 15) is 5.11 Å². The summed E-state index contributed by atoms with van der Waals surface area (Å²) in [5, 5.41) is 13.3. The Labute approximate surface area is 125 Å². The second-order valence-corrected chi connectivity index (χ2v) is 7.56. The number of piperidine rings is 1. The first-order chi connectivity index (χ1) is 9.54. The van der Waals surface area contributed by atoms with Crippen molar-refractivity contribution in [2.75, 3.05) is 19.7 Å². The van der Waals surface area contributed by atoms with E-state index in [0.29, 0.717) is 6.04 Å². The lowest BCUT2D eigenvalue weighted by Gasteiger charge is -2.45. The van der Waals surface area contributed by atoms with E-state index in [0.717, 1.165) is 24.9 Å². The molecule has 118 valence electrons. The lowest BCUT2D eigenvalue weighted by molar-refractivity contribution is 0.0466. The summed E-state index contributed by atoms with van der Waals surface area (Å²) in [7, 11) is 0. The maximum absolute atomic E-state index is 9.72. The van der Waals surface area contributed by atoms with Gasteiger partial charge in [-0.2, -0.15) is 0 Å². The van der Waals surface area contributed by atoms with Gasteiger partial charge in [-0.25, -0.2) is 0 Å². The van der Waals surface area contributed by atoms with Gasteiger partial charge in [0.25, 0.3) is 0 Å². The highest BCUT2D eigenvalue weighted by Crippen LogP contribution is 2.35. The minimum Gasteiger partial charge on any atom is -0.394 e. The van der Waals surface area contributed by atoms with E-state index >= 15 is 0 Å². The Morgan fingerprint density at radius 3 is 2.60 bits per heavy atom. The highest BCUT2D eigenvalue weighted by molar-refractivity contribution is 4.90. The number of hydrogen-bond donors (Lipinski definition) is 2. The topological polar surface area (TPSA) is 35.5 Å². The van der Waals surface area contributed by atoms with Crippen LogP contribution < -0.4 is 5.32 Å². The van der Waals surface area contributed by atoms with E-state index < -0.39 is 0 Å². The van der Waals surface area contributed by atoms with Crippen molar-refractivity contribution in [3.05, 3.63) is 0 Å². The second kappa shape index (κ2) is 7.24. The molecule has 0 bridgehead atoms. The second-order valence-electron chi connectivity index (χ2n) is 7.56. The van der Waals surface area contributed by atoms with E-state index in [4.69, 9.17) is 0 Å². The molecule has 1 saturated heterocycles. The van der Waals surface area contributed by atoms with E-state index in [1.54, 1.807) is 0 Å². The first-order valence-electron chi connectivity index (χ1n) is 8.67. The molecule has 2 rings (SSSR count). The third-order valence-electron chi connectivity index (χ3n) is 5.30. The number of rotatable bonds is 6. The van der Waals surface area contributed by atoms with Gasteiger partial charge in [0.1, 0.15) is 0 Å². The monoisotopic (exact) mass is 282 g/mol. The number of nitrogens with zero attached hydrogens (tertiary/aromatic N) is 1. The van der Waals surface area contributed by atoms with Crippen molar-refractivity contribution >= 4 is 0 Å². The number of aliphatic hydroxyl groups excluding tert-OH is 1. The largest absolute Gasteiger partial charge is 0.394 e. The fourth-order valence-corrected chi connectivity index (χ4v) is 4.29. The van der Waals surface area contributed by atoms with Crippen LogP contribution in [0.1, 0.15) is 65.7 Å². The van der Waals surface area contributed by atoms with Gasteiger partial charge < -0.3 is 15.3 Å². The quantitative estimate of drug-likeness (QED) is 0.786. The lowest BCUT2D eigenvalue weighted by atomic mass is 9.78. The summed E-state index contributed by atoms with van der Waals surface area (Å²) in [6.45, 7) is 9.11. The number of likely N-dealkylation sites (tertiary alicyclic amines) is 1. The first-order valence-corrected chi connectivity index (χ1v) is 8.67. The van der Waals surface area contributed by atoms with Crippen LogP contribution in [0.3, 0.4) is 0 Å². The molecule has 3 unspecified atom stereocenters. The number of hydrogen-bond acceptors (Lipinski definition) is 3. The van der Waals surface area contributed by atoms with Crippen LogP contribution in [0.15, 0.2) is 0 Å². The molecule has 1 aliphatic carbocycles. The minimum atomic E-state index is -0.129. The van der Waals surface area contributed by atoms with Gasteiger partial charge in [-0.05, 0) is 51.5 Å². The zero-order valence-corrected chi connectivity index (χ0v) is 13.7. The van der Waals surface area contributed by atoms with Crippen LogP contribution in [0.4, 0.5) is 0 Å². The Kier molecular flexibility index (Phi) is 5.88. The predicted octanol–water partition coefficient (Wildman–Crippen LogP) is 2.78. The van der Waals surface area contributed by atoms with Crippen molar-refractivity contribution in [1.29, 1.82) is 0 Å². The summed E-state index contributed by atoms with van der Waals surface area (Å²) < 4.78 is 0. The fraction of sp³-hybridized carbons (Fsp3) is 1.00. The van der Waals surface area contributed by atoms with E-state index in [1.165, 1.54) is 45.1 Å². The Hall–Kier alpha value is -0.120. The molecule has 0 spiro atoms. The Morgan fingerprint density at radius 2 is 1.90 bits per heavy atom. The highest BCUT2D eigenvalue weighted by Gasteiger charge is 2.34. The van der Waals surface area contributed by atoms with E-state index in [-0.39, 0.29) is 12.1 Å². The number of aliphatic hydroxyl groups is 1. The molecular weight excluding hydrogens is 248 g/mol. The summed E-state index contributed by atoms with van der Waals surface area (Å²) in [4.78, 5) is 2.73. The molecular formula is C17H34N2O. The van der Waals surface area contributed by atoms with Crippen molar-refractivity contribution in [1.82, 2.24) is 10.2 Å². The molecule has 0 aromatic heterocycles. The number of fused-ring (bicyclic) bond motifs is 1. The zero-order chi connectivity index (χ0) is 14.6. The molecule has 2 aliphatic rings. The third-order valence-corrected chi connectivity index (χ3v) is 5.30. The third kappa shape index (κ3) is 4.19. The lowest BCUT2D eigenvalue weighted by Crippen LogP contribution is -2.53. The molecule has 0 radical (unpaired) electrons. The molecule has 2 N–H and O–H groups in total. The minimum absolute atomic E-state index is 0.129. The molecule has 1 aliphatic heterocycles. The molecule has 3 atom stereocenters. The Morgan fingerprint density at radius 1 is 1.20 bits per heavy atom. The molecule has 1 saturated carbocycles. The van der Waals surface area contributed by atoms with Gasteiger partial charge in [-0.15, -0.1) is 0 Å². The van der Waals surface area contributed by atoms with Gasteiger partial charge in [0, 0.05) is 24.2 Å². The standard InChI is InChI=1S/C17H34N2O/c1-14(2)18-17(3,13-20)10-12-19-11-6-8-15-7-4-5-9-16(15)19/h14-16,18,20H,4-13H2,1-3H3. The van der Waals surface area contributed by atoms with Gasteiger partial charge in [0.2, 0.25) is 0 Å². The van der Waals surface area contributed by atoms with Crippen LogP contribution in [-0.2, 0) is 0 Å². The maximum atomic E-state index is 9.72. The Balaban J connectivity index is 1.88. The first kappa shape index (κ1) is 16.3. The summed E-state index contributed by atoms with van der Waals surface area (Å²) >= 11 is 0. The zero-order valence-electron chi connectivity index (χ0n) is 13.7. The van der Waals surface area contributed by atoms with Gasteiger partial charge in [0.05, 0.1) is 6.61 Å². The average molecular weight is 282 g/mol. The summed E-state index contributed by atoms with van der Waals surface area (Å²) in [6.07, 6.45) is 9.57. The van der Waals surface area contributed by atoms with Crippen molar-refractivity contribution in [3.63, 3.8) is 0 Å². The molecule has 0 amide bonds. The SMILES string of the molecule is CC(C)NC(C)(CO)CCN1CCCC2CCCCC21. The van der Waals surface area contributed by atoms with Crippen LogP contribution in [-0.4, -0.2) is 47.3 Å². The summed E-state index contributed by atoms with van der Waals surface area (Å²) in [6, 6.07) is 1.26. The molecule has 2 fully saturated rings. The van der Waals surface area contributed by atoms with Crippen LogP contribution in [0.25, 0.3) is 0 Å². The van der Waals surface area contributed by atoms with E-state index in [2.05, 4.69) is 31.0 Å². The summed E-state index contributed by atoms with van der Waals surface area (Å²) in [5.74, 6) is 0.955. The molecule has 0 aromatic rings. The molecule has 3 nitrogen and oxygen atoms in total. The van der Waals surface area contributed by atoms with Crippen LogP contribution in [0.5, 0.6) is 0 Å². The highest BCUT2D eigenvalue weighted by atomic mass is 16.3. The fourth-order valence-electron chi connectivity index (χ4n) is 4.29. The Bertz CT molecular complexity index is 293. The van der Waals surface area contributed by atoms with Crippen molar-refractivity contribution in [2.24, 2.45) is 5.92 Å². The van der Waals surface area contributed by atoms with Crippen molar-refractivity contribution in [2.45, 2.75) is 83.3 Å². The van der Waals surface area contributed by atoms with Gasteiger partial charge in [-0.3, -0.25) is 0 Å². The van der Waals surface area contributed by atoms with Crippen LogP contribution in [0.2, 0.25) is 0 Å². The molecule has 3 heteroatoms. The predicted molar refractivity (Wildman–Crippen MR) is 84.9 cm³/mol. The van der Waals surface area contributed by atoms with Crippen LogP contribution in [0, 0.1) is 5.92 Å². The van der Waals surface area contributed by atoms with Gasteiger partial charge in [0.15, 0.2) is 0 Å². The average Bonchev–Trinajstić information content (AvgIpc) is 2.44.